The second-order valence-corrected chi connectivity index (χ2v) is 5.25. The Bertz CT molecular complexity index is 538. The van der Waals surface area contributed by atoms with Crippen molar-refractivity contribution in [1.82, 2.24) is 5.32 Å². The monoisotopic (exact) mass is 290 g/mol. The molecule has 1 N–H and O–H groups in total. The number of hydrogen-bond donors (Lipinski definition) is 1. The number of hydrogen-bond acceptors (Lipinski definition) is 3. The highest BCUT2D eigenvalue weighted by molar-refractivity contribution is 5.97. The second kappa shape index (κ2) is 7.57. The van der Waals surface area contributed by atoms with Crippen molar-refractivity contribution < 1.29 is 14.4 Å². The molecule has 0 aliphatic heterocycles. The molecule has 0 radical (unpaired) electrons. The molecule has 5 nitrogen and oxygen atoms in total. The SMILES string of the molecule is CC(=O)c1cccc(N(CCC(=O)NC(C)C)C(C)=O)c1. The van der Waals surface area contributed by atoms with E-state index in [4.69, 9.17) is 0 Å². The van der Waals surface area contributed by atoms with Crippen molar-refractivity contribution in [2.75, 3.05) is 11.4 Å². The van der Waals surface area contributed by atoms with Gasteiger partial charge in [0.2, 0.25) is 11.8 Å². The summed E-state index contributed by atoms with van der Waals surface area (Å²) >= 11 is 0. The quantitative estimate of drug-likeness (QED) is 0.816. The smallest absolute Gasteiger partial charge is 0.223 e. The summed E-state index contributed by atoms with van der Waals surface area (Å²) in [5.41, 5.74) is 1.18. The first-order valence-electron chi connectivity index (χ1n) is 6.99. The van der Waals surface area contributed by atoms with Crippen LogP contribution in [0, 0.1) is 0 Å². The lowest BCUT2D eigenvalue weighted by atomic mass is 10.1. The fraction of sp³-hybridized carbons (Fsp3) is 0.438. The van der Waals surface area contributed by atoms with Crippen molar-refractivity contribution >= 4 is 23.3 Å². The van der Waals surface area contributed by atoms with E-state index in [-0.39, 0.29) is 36.6 Å². The lowest BCUT2D eigenvalue weighted by molar-refractivity contribution is -0.121. The van der Waals surface area contributed by atoms with Gasteiger partial charge in [-0.05, 0) is 32.9 Å². The molecule has 0 saturated heterocycles. The number of Topliss-reactive ketones (excluding diaryl/α,β-unsaturated/α-hetero) is 1. The molecule has 0 bridgehead atoms. The zero-order valence-corrected chi connectivity index (χ0v) is 13.0. The Morgan fingerprint density at radius 3 is 2.38 bits per heavy atom. The molecular formula is C16H22N2O3. The van der Waals surface area contributed by atoms with Gasteiger partial charge in [-0.2, -0.15) is 0 Å². The number of nitrogens with zero attached hydrogens (tertiary/aromatic N) is 1. The van der Waals surface area contributed by atoms with E-state index in [2.05, 4.69) is 5.32 Å². The maximum absolute atomic E-state index is 11.8. The highest BCUT2D eigenvalue weighted by atomic mass is 16.2. The van der Waals surface area contributed by atoms with E-state index in [1.807, 2.05) is 13.8 Å². The van der Waals surface area contributed by atoms with Crippen molar-refractivity contribution in [2.24, 2.45) is 0 Å². The zero-order chi connectivity index (χ0) is 16.0. The van der Waals surface area contributed by atoms with Gasteiger partial charge >= 0.3 is 0 Å². The van der Waals surface area contributed by atoms with Crippen molar-refractivity contribution in [3.8, 4) is 0 Å². The average molecular weight is 290 g/mol. The first-order valence-corrected chi connectivity index (χ1v) is 6.99. The van der Waals surface area contributed by atoms with Crippen molar-refractivity contribution in [1.29, 1.82) is 0 Å². The van der Waals surface area contributed by atoms with Crippen LogP contribution in [0.3, 0.4) is 0 Å². The van der Waals surface area contributed by atoms with Crippen molar-refractivity contribution in [2.45, 2.75) is 40.2 Å². The Morgan fingerprint density at radius 2 is 1.86 bits per heavy atom. The summed E-state index contributed by atoms with van der Waals surface area (Å²) in [7, 11) is 0. The summed E-state index contributed by atoms with van der Waals surface area (Å²) in [5.74, 6) is -0.315. The Morgan fingerprint density at radius 1 is 1.19 bits per heavy atom. The molecule has 0 unspecified atom stereocenters. The van der Waals surface area contributed by atoms with Crippen LogP contribution in [0.25, 0.3) is 0 Å². The molecule has 114 valence electrons. The van der Waals surface area contributed by atoms with Gasteiger partial charge in [-0.15, -0.1) is 0 Å². The van der Waals surface area contributed by atoms with Gasteiger partial charge in [-0.1, -0.05) is 12.1 Å². The molecule has 0 aliphatic rings. The van der Waals surface area contributed by atoms with Gasteiger partial charge in [0.1, 0.15) is 0 Å². The van der Waals surface area contributed by atoms with Crippen LogP contribution in [-0.2, 0) is 9.59 Å². The molecule has 1 rings (SSSR count). The van der Waals surface area contributed by atoms with Gasteiger partial charge in [-0.3, -0.25) is 14.4 Å². The summed E-state index contributed by atoms with van der Waals surface area (Å²) in [6, 6.07) is 6.94. The molecule has 0 heterocycles. The van der Waals surface area contributed by atoms with Crippen LogP contribution in [0.1, 0.15) is 44.5 Å². The summed E-state index contributed by atoms with van der Waals surface area (Å²) in [6.45, 7) is 6.98. The van der Waals surface area contributed by atoms with Crippen LogP contribution >= 0.6 is 0 Å². The molecule has 5 heteroatoms. The largest absolute Gasteiger partial charge is 0.354 e. The van der Waals surface area contributed by atoms with E-state index in [0.29, 0.717) is 11.3 Å². The summed E-state index contributed by atoms with van der Waals surface area (Å²) < 4.78 is 0. The molecule has 21 heavy (non-hydrogen) atoms. The normalized spacial score (nSPS) is 10.3. The molecule has 0 aliphatic carbocycles. The van der Waals surface area contributed by atoms with Gasteiger partial charge in [0, 0.05) is 37.2 Å². The minimum absolute atomic E-state index is 0.0575. The maximum Gasteiger partial charge on any atom is 0.223 e. The molecule has 1 aromatic rings. The van der Waals surface area contributed by atoms with Crippen LogP contribution in [0.5, 0.6) is 0 Å². The molecule has 0 saturated carbocycles. The third-order valence-corrected chi connectivity index (χ3v) is 2.96. The highest BCUT2D eigenvalue weighted by Crippen LogP contribution is 2.17. The number of ketones is 1. The first-order chi connectivity index (χ1) is 9.81. The van der Waals surface area contributed by atoms with E-state index in [9.17, 15) is 14.4 Å². The number of rotatable bonds is 6. The van der Waals surface area contributed by atoms with Crippen molar-refractivity contribution in [3.63, 3.8) is 0 Å². The minimum Gasteiger partial charge on any atom is -0.354 e. The number of carbonyl (C=O) groups excluding carboxylic acids is 3. The third-order valence-electron chi connectivity index (χ3n) is 2.96. The third kappa shape index (κ3) is 5.38. The zero-order valence-electron chi connectivity index (χ0n) is 13.0. The van der Waals surface area contributed by atoms with Crippen LogP contribution in [-0.4, -0.2) is 30.2 Å². The molecule has 0 aromatic heterocycles. The Hall–Kier alpha value is -2.17. The van der Waals surface area contributed by atoms with E-state index >= 15 is 0 Å². The van der Waals surface area contributed by atoms with E-state index in [0.717, 1.165) is 0 Å². The molecule has 0 atom stereocenters. The summed E-state index contributed by atoms with van der Waals surface area (Å²) in [6.07, 6.45) is 0.224. The Labute approximate surface area is 125 Å². The minimum atomic E-state index is -0.159. The predicted molar refractivity (Wildman–Crippen MR) is 82.4 cm³/mol. The predicted octanol–water partition coefficient (Wildman–Crippen LogP) is 2.16. The van der Waals surface area contributed by atoms with E-state index in [1.165, 1.54) is 18.7 Å². The number of nitrogens with one attached hydrogen (secondary N) is 1. The number of carbonyl (C=O) groups is 3. The Balaban J connectivity index is 2.83. The molecular weight excluding hydrogens is 268 g/mol. The topological polar surface area (TPSA) is 66.5 Å². The maximum atomic E-state index is 11.8. The van der Waals surface area contributed by atoms with Gasteiger partial charge in [0.05, 0.1) is 0 Å². The fourth-order valence-corrected chi connectivity index (χ4v) is 1.97. The van der Waals surface area contributed by atoms with Crippen molar-refractivity contribution in [3.05, 3.63) is 29.8 Å². The van der Waals surface area contributed by atoms with Gasteiger partial charge in [0.15, 0.2) is 5.78 Å². The fourth-order valence-electron chi connectivity index (χ4n) is 1.97. The van der Waals surface area contributed by atoms with E-state index in [1.54, 1.807) is 24.3 Å². The summed E-state index contributed by atoms with van der Waals surface area (Å²) in [4.78, 5) is 36.4. The van der Waals surface area contributed by atoms with Crippen LogP contribution in [0.2, 0.25) is 0 Å². The lowest BCUT2D eigenvalue weighted by Gasteiger charge is -2.21. The van der Waals surface area contributed by atoms with Gasteiger partial charge < -0.3 is 10.2 Å². The molecule has 1 aromatic carbocycles. The second-order valence-electron chi connectivity index (χ2n) is 5.25. The van der Waals surface area contributed by atoms with Crippen LogP contribution < -0.4 is 10.2 Å². The highest BCUT2D eigenvalue weighted by Gasteiger charge is 2.14. The first kappa shape index (κ1) is 16.9. The average Bonchev–Trinajstić information content (AvgIpc) is 2.38. The standard InChI is InChI=1S/C16H22N2O3/c1-11(2)17-16(21)8-9-18(13(4)20)15-7-5-6-14(10-15)12(3)19/h5-7,10-11H,8-9H2,1-4H3,(H,17,21). The number of amides is 2. The molecule has 2 amide bonds. The summed E-state index contributed by atoms with van der Waals surface area (Å²) in [5, 5.41) is 2.79. The lowest BCUT2D eigenvalue weighted by Crippen LogP contribution is -2.36. The number of anilines is 1. The van der Waals surface area contributed by atoms with E-state index < -0.39 is 0 Å². The Kier molecular flexibility index (Phi) is 6.09. The number of benzene rings is 1. The molecule has 0 fully saturated rings. The van der Waals surface area contributed by atoms with Gasteiger partial charge in [0.25, 0.3) is 0 Å². The molecule has 0 spiro atoms. The van der Waals surface area contributed by atoms with Crippen LogP contribution in [0.4, 0.5) is 5.69 Å². The van der Waals surface area contributed by atoms with Gasteiger partial charge in [-0.25, -0.2) is 0 Å². The van der Waals surface area contributed by atoms with Crippen LogP contribution in [0.15, 0.2) is 24.3 Å².